The smallest absolute Gasteiger partial charge is 0.110 e. The van der Waals surface area contributed by atoms with Crippen LogP contribution in [0.4, 0.5) is 0 Å². The molecule has 3 heteroatoms. The summed E-state index contributed by atoms with van der Waals surface area (Å²) in [5, 5.41) is 15.3. The molecule has 0 aliphatic carbocycles. The molecule has 0 saturated carbocycles. The van der Waals surface area contributed by atoms with Gasteiger partial charge in [-0.3, -0.25) is 5.32 Å². The second kappa shape index (κ2) is 4.66. The van der Waals surface area contributed by atoms with Crippen molar-refractivity contribution >= 4 is 0 Å². The summed E-state index contributed by atoms with van der Waals surface area (Å²) < 4.78 is 0. The average Bonchev–Trinajstić information content (AvgIpc) is 1.78. The molecule has 0 unspecified atom stereocenters. The Morgan fingerprint density at radius 1 is 1.30 bits per heavy atom. The molecule has 0 atom stereocenters. The summed E-state index contributed by atoms with van der Waals surface area (Å²) in [4.78, 5) is 0. The fraction of sp³-hybridized carbons (Fsp3) is 1.00. The molecular weight excluding hydrogens is 128 g/mol. The third kappa shape index (κ3) is 7.88. The van der Waals surface area contributed by atoms with Gasteiger partial charge in [0.15, 0.2) is 0 Å². The van der Waals surface area contributed by atoms with Gasteiger partial charge in [0.05, 0.1) is 0 Å². The predicted octanol–water partition coefficient (Wildman–Crippen LogP) is -0.0861. The van der Waals surface area contributed by atoms with Crippen LogP contribution in [0.1, 0.15) is 20.8 Å². The molecule has 0 heterocycles. The van der Waals surface area contributed by atoms with E-state index in [1.54, 1.807) is 13.8 Å². The van der Waals surface area contributed by atoms with Gasteiger partial charge in [0, 0.05) is 13.1 Å². The molecule has 0 radical (unpaired) electrons. The summed E-state index contributed by atoms with van der Waals surface area (Å²) in [6.07, 6.45) is 0. The number of likely N-dealkylation sites (N-methyl/N-ethyl adjacent to an activating group) is 1. The third-order valence-corrected chi connectivity index (χ3v) is 1.11. The van der Waals surface area contributed by atoms with E-state index in [1.165, 1.54) is 0 Å². The number of hydrogen-bond donors (Lipinski definition) is 3. The average molecular weight is 146 g/mol. The molecule has 3 N–H and O–H groups in total. The molecule has 0 aromatic carbocycles. The van der Waals surface area contributed by atoms with Crippen molar-refractivity contribution in [1.82, 2.24) is 10.6 Å². The van der Waals surface area contributed by atoms with Gasteiger partial charge in [-0.1, -0.05) is 6.92 Å². The molecule has 0 aromatic rings. The van der Waals surface area contributed by atoms with E-state index in [0.717, 1.165) is 19.6 Å². The minimum absolute atomic E-state index is 0.741. The lowest BCUT2D eigenvalue weighted by molar-refractivity contribution is 0.0444. The minimum atomic E-state index is -0.741. The monoisotopic (exact) mass is 146 g/mol. The standard InChI is InChI=1S/C7H18N2O/c1-4-8-5-6-9-7(2,3)10/h8-10H,4-6H2,1-3H3. The lowest BCUT2D eigenvalue weighted by Gasteiger charge is -2.18. The van der Waals surface area contributed by atoms with Gasteiger partial charge in [0.2, 0.25) is 0 Å². The molecule has 62 valence electrons. The van der Waals surface area contributed by atoms with Crippen LogP contribution in [0.15, 0.2) is 0 Å². The van der Waals surface area contributed by atoms with Crippen molar-refractivity contribution in [3.05, 3.63) is 0 Å². The number of aliphatic hydroxyl groups is 1. The summed E-state index contributed by atoms with van der Waals surface area (Å²) >= 11 is 0. The van der Waals surface area contributed by atoms with E-state index in [4.69, 9.17) is 0 Å². The normalized spacial score (nSPS) is 12.0. The van der Waals surface area contributed by atoms with Gasteiger partial charge in [0.1, 0.15) is 5.72 Å². The maximum atomic E-state index is 9.18. The van der Waals surface area contributed by atoms with E-state index >= 15 is 0 Å². The van der Waals surface area contributed by atoms with Crippen molar-refractivity contribution in [1.29, 1.82) is 0 Å². The van der Waals surface area contributed by atoms with E-state index in [0.29, 0.717) is 0 Å². The summed E-state index contributed by atoms with van der Waals surface area (Å²) in [5.41, 5.74) is -0.741. The molecule has 0 bridgehead atoms. The Kier molecular flexibility index (Phi) is 4.60. The molecule has 3 nitrogen and oxygen atoms in total. The fourth-order valence-corrected chi connectivity index (χ4v) is 0.634. The molecule has 0 fully saturated rings. The lowest BCUT2D eigenvalue weighted by atomic mass is 10.3. The van der Waals surface area contributed by atoms with Gasteiger partial charge < -0.3 is 10.4 Å². The van der Waals surface area contributed by atoms with Crippen molar-refractivity contribution in [3.63, 3.8) is 0 Å². The van der Waals surface area contributed by atoms with Crippen LogP contribution in [-0.4, -0.2) is 30.5 Å². The van der Waals surface area contributed by atoms with Gasteiger partial charge in [-0.2, -0.15) is 0 Å². The molecule has 0 rings (SSSR count). The van der Waals surface area contributed by atoms with Crippen LogP contribution >= 0.6 is 0 Å². The topological polar surface area (TPSA) is 44.3 Å². The Bertz CT molecular complexity index is 78.2. The van der Waals surface area contributed by atoms with Crippen LogP contribution in [0, 0.1) is 0 Å². The fourth-order valence-electron chi connectivity index (χ4n) is 0.634. The maximum Gasteiger partial charge on any atom is 0.110 e. The molecule has 0 aliphatic rings. The molecule has 0 aromatic heterocycles. The summed E-state index contributed by atoms with van der Waals surface area (Å²) in [5.74, 6) is 0. The highest BCUT2D eigenvalue weighted by Crippen LogP contribution is 1.91. The Morgan fingerprint density at radius 3 is 2.30 bits per heavy atom. The number of rotatable bonds is 5. The van der Waals surface area contributed by atoms with Crippen molar-refractivity contribution < 1.29 is 5.11 Å². The van der Waals surface area contributed by atoms with Gasteiger partial charge in [-0.25, -0.2) is 0 Å². The highest BCUT2D eigenvalue weighted by Gasteiger charge is 2.08. The highest BCUT2D eigenvalue weighted by molar-refractivity contribution is 4.61. The quantitative estimate of drug-likeness (QED) is 0.375. The van der Waals surface area contributed by atoms with E-state index in [1.807, 2.05) is 0 Å². The summed E-state index contributed by atoms with van der Waals surface area (Å²) in [7, 11) is 0. The summed E-state index contributed by atoms with van der Waals surface area (Å²) in [6.45, 7) is 8.22. The molecule has 0 aliphatic heterocycles. The van der Waals surface area contributed by atoms with Crippen LogP contribution in [0.25, 0.3) is 0 Å². The van der Waals surface area contributed by atoms with E-state index in [9.17, 15) is 5.11 Å². The first kappa shape index (κ1) is 9.88. The molecule has 10 heavy (non-hydrogen) atoms. The largest absolute Gasteiger partial charge is 0.376 e. The van der Waals surface area contributed by atoms with Gasteiger partial charge >= 0.3 is 0 Å². The van der Waals surface area contributed by atoms with E-state index in [-0.39, 0.29) is 0 Å². The molecule has 0 spiro atoms. The van der Waals surface area contributed by atoms with Crippen LogP contribution in [0.5, 0.6) is 0 Å². The van der Waals surface area contributed by atoms with Crippen LogP contribution in [0.2, 0.25) is 0 Å². The Hall–Kier alpha value is -0.120. The summed E-state index contributed by atoms with van der Waals surface area (Å²) in [6, 6.07) is 0. The van der Waals surface area contributed by atoms with Crippen LogP contribution < -0.4 is 10.6 Å². The maximum absolute atomic E-state index is 9.18. The second-order valence-electron chi connectivity index (χ2n) is 2.84. The highest BCUT2D eigenvalue weighted by atomic mass is 16.3. The third-order valence-electron chi connectivity index (χ3n) is 1.11. The number of nitrogens with one attached hydrogen (secondary N) is 2. The van der Waals surface area contributed by atoms with E-state index < -0.39 is 5.72 Å². The minimum Gasteiger partial charge on any atom is -0.376 e. The number of hydrogen-bond acceptors (Lipinski definition) is 3. The molecule has 0 amide bonds. The van der Waals surface area contributed by atoms with Crippen molar-refractivity contribution in [2.24, 2.45) is 0 Å². The van der Waals surface area contributed by atoms with Crippen molar-refractivity contribution in [2.75, 3.05) is 19.6 Å². The Balaban J connectivity index is 3.04. The SMILES string of the molecule is CCNCCNC(C)(C)O. The van der Waals surface area contributed by atoms with Crippen LogP contribution in [-0.2, 0) is 0 Å². The first-order valence-electron chi connectivity index (χ1n) is 3.74. The predicted molar refractivity (Wildman–Crippen MR) is 42.8 cm³/mol. The first-order valence-corrected chi connectivity index (χ1v) is 3.74. The molecule has 0 saturated heterocycles. The van der Waals surface area contributed by atoms with Crippen LogP contribution in [0.3, 0.4) is 0 Å². The van der Waals surface area contributed by atoms with Gasteiger partial charge in [-0.05, 0) is 20.4 Å². The van der Waals surface area contributed by atoms with Crippen molar-refractivity contribution in [3.8, 4) is 0 Å². The van der Waals surface area contributed by atoms with Crippen molar-refractivity contribution in [2.45, 2.75) is 26.5 Å². The zero-order valence-electron chi connectivity index (χ0n) is 7.07. The first-order chi connectivity index (χ1) is 4.56. The lowest BCUT2D eigenvalue weighted by Crippen LogP contribution is -2.42. The Labute approximate surface area is 62.8 Å². The van der Waals surface area contributed by atoms with Gasteiger partial charge in [0.25, 0.3) is 0 Å². The van der Waals surface area contributed by atoms with E-state index in [2.05, 4.69) is 17.6 Å². The second-order valence-corrected chi connectivity index (χ2v) is 2.84. The van der Waals surface area contributed by atoms with Gasteiger partial charge in [-0.15, -0.1) is 0 Å². The molecular formula is C7H18N2O. The Morgan fingerprint density at radius 2 is 1.90 bits per heavy atom. The zero-order valence-corrected chi connectivity index (χ0v) is 7.07. The zero-order chi connectivity index (χ0) is 8.04.